The molecule has 1 aliphatic rings. The van der Waals surface area contributed by atoms with E-state index >= 15 is 0 Å². The molecule has 9 heteroatoms. The molecule has 1 fully saturated rings. The summed E-state index contributed by atoms with van der Waals surface area (Å²) < 4.78 is 21.4. The Bertz CT molecular complexity index is 965. The lowest BCUT2D eigenvalue weighted by Crippen LogP contribution is -2.41. The maximum atomic E-state index is 12.7. The van der Waals surface area contributed by atoms with Gasteiger partial charge in [-0.05, 0) is 44.1 Å². The fraction of sp³-hybridized carbons (Fsp3) is 0.440. The normalized spacial score (nSPS) is 14.2. The van der Waals surface area contributed by atoms with E-state index in [1.54, 1.807) is 19.2 Å². The lowest BCUT2D eigenvalue weighted by Gasteiger charge is -2.29. The van der Waals surface area contributed by atoms with E-state index in [4.69, 9.17) is 18.9 Å². The second kappa shape index (κ2) is 12.1. The van der Waals surface area contributed by atoms with Crippen LogP contribution in [0.5, 0.6) is 23.0 Å². The minimum absolute atomic E-state index is 0.00610. The maximum absolute atomic E-state index is 12.7. The highest BCUT2D eigenvalue weighted by Gasteiger charge is 2.26. The molecular weight excluding hydrogens is 438 g/mol. The number of likely N-dealkylation sites (tertiary alicyclic amines) is 1. The summed E-state index contributed by atoms with van der Waals surface area (Å²) in [6.45, 7) is 2.19. The van der Waals surface area contributed by atoms with Crippen LogP contribution in [0.4, 0.5) is 0 Å². The molecule has 0 saturated carbocycles. The molecule has 3 rings (SSSR count). The molecule has 184 valence electrons. The molecule has 0 unspecified atom stereocenters. The average Bonchev–Trinajstić information content (AvgIpc) is 3.41. The van der Waals surface area contributed by atoms with Gasteiger partial charge in [0.1, 0.15) is 5.75 Å². The number of amides is 2. The fourth-order valence-corrected chi connectivity index (χ4v) is 4.18. The number of hydrogen-bond donors (Lipinski definition) is 2. The van der Waals surface area contributed by atoms with E-state index < -0.39 is 5.91 Å². The number of rotatable bonds is 11. The molecule has 2 aromatic rings. The van der Waals surface area contributed by atoms with Crippen LogP contribution >= 0.6 is 0 Å². The molecule has 9 nitrogen and oxygen atoms in total. The van der Waals surface area contributed by atoms with Gasteiger partial charge in [-0.2, -0.15) is 0 Å². The first kappa shape index (κ1) is 25.2. The first-order chi connectivity index (χ1) is 16.5. The number of methoxy groups -OCH3 is 4. The van der Waals surface area contributed by atoms with Crippen molar-refractivity contribution in [1.82, 2.24) is 15.5 Å². The standard InChI is InChI=1S/C25H33N3O6/c1-31-20-10-6-5-9-18(20)19(28-11-7-8-12-28)15-26-23(29)16-27-25(30)17-13-21(32-2)24(34-4)22(14-17)33-3/h5-6,9-10,13-14,19H,7-8,11-12,15-16H2,1-4H3,(H,26,29)(H,27,30)/t19-/m0/s1. The Hall–Kier alpha value is -3.46. The van der Waals surface area contributed by atoms with Gasteiger partial charge in [0, 0.05) is 17.7 Å². The number of nitrogens with one attached hydrogen (secondary N) is 2. The van der Waals surface area contributed by atoms with Gasteiger partial charge in [0.05, 0.1) is 41.0 Å². The molecule has 2 amide bonds. The van der Waals surface area contributed by atoms with Gasteiger partial charge in [0.15, 0.2) is 11.5 Å². The second-order valence-corrected chi connectivity index (χ2v) is 7.90. The number of hydrogen-bond acceptors (Lipinski definition) is 7. The van der Waals surface area contributed by atoms with E-state index in [0.29, 0.717) is 29.4 Å². The molecule has 0 bridgehead atoms. The van der Waals surface area contributed by atoms with Crippen LogP contribution in [0.15, 0.2) is 36.4 Å². The molecule has 1 heterocycles. The Morgan fingerprint density at radius 1 is 0.882 bits per heavy atom. The van der Waals surface area contributed by atoms with E-state index in [2.05, 4.69) is 15.5 Å². The van der Waals surface area contributed by atoms with Gasteiger partial charge in [-0.1, -0.05) is 18.2 Å². The van der Waals surface area contributed by atoms with E-state index in [9.17, 15) is 9.59 Å². The smallest absolute Gasteiger partial charge is 0.251 e. The van der Waals surface area contributed by atoms with E-state index in [1.165, 1.54) is 21.3 Å². The van der Waals surface area contributed by atoms with Crippen LogP contribution in [0.1, 0.15) is 34.8 Å². The zero-order valence-corrected chi connectivity index (χ0v) is 20.2. The van der Waals surface area contributed by atoms with Crippen LogP contribution in [-0.4, -0.2) is 71.3 Å². The molecule has 0 radical (unpaired) electrons. The Morgan fingerprint density at radius 2 is 1.50 bits per heavy atom. The van der Waals surface area contributed by atoms with E-state index in [1.807, 2.05) is 24.3 Å². The minimum Gasteiger partial charge on any atom is -0.496 e. The molecule has 0 aromatic heterocycles. The molecule has 0 spiro atoms. The quantitative estimate of drug-likeness (QED) is 0.519. The van der Waals surface area contributed by atoms with Crippen molar-refractivity contribution in [3.8, 4) is 23.0 Å². The molecule has 34 heavy (non-hydrogen) atoms. The lowest BCUT2D eigenvalue weighted by atomic mass is 10.0. The van der Waals surface area contributed by atoms with Gasteiger partial charge in [-0.15, -0.1) is 0 Å². The van der Waals surface area contributed by atoms with Crippen LogP contribution in [0.2, 0.25) is 0 Å². The first-order valence-corrected chi connectivity index (χ1v) is 11.2. The van der Waals surface area contributed by atoms with Gasteiger partial charge in [-0.25, -0.2) is 0 Å². The van der Waals surface area contributed by atoms with Crippen molar-refractivity contribution in [2.24, 2.45) is 0 Å². The zero-order chi connectivity index (χ0) is 24.5. The van der Waals surface area contributed by atoms with Crippen molar-refractivity contribution in [2.75, 3.05) is 54.6 Å². The van der Waals surface area contributed by atoms with Crippen LogP contribution in [-0.2, 0) is 4.79 Å². The second-order valence-electron chi connectivity index (χ2n) is 7.90. The summed E-state index contributed by atoms with van der Waals surface area (Å²) in [5, 5.41) is 5.61. The highest BCUT2D eigenvalue weighted by Crippen LogP contribution is 2.38. The molecule has 1 aliphatic heterocycles. The third-order valence-corrected chi connectivity index (χ3v) is 5.91. The Balaban J connectivity index is 1.63. The summed E-state index contributed by atoms with van der Waals surface area (Å²) in [5.41, 5.74) is 1.33. The van der Waals surface area contributed by atoms with Gasteiger partial charge < -0.3 is 29.6 Å². The Labute approximate surface area is 200 Å². The van der Waals surface area contributed by atoms with Crippen LogP contribution < -0.4 is 29.6 Å². The number of nitrogens with zero attached hydrogens (tertiary/aromatic N) is 1. The van der Waals surface area contributed by atoms with Crippen molar-refractivity contribution in [1.29, 1.82) is 0 Å². The summed E-state index contributed by atoms with van der Waals surface area (Å²) in [4.78, 5) is 27.6. The highest BCUT2D eigenvalue weighted by molar-refractivity contribution is 5.97. The fourth-order valence-electron chi connectivity index (χ4n) is 4.18. The van der Waals surface area contributed by atoms with Gasteiger partial charge in [0.2, 0.25) is 11.7 Å². The molecule has 2 N–H and O–H groups in total. The number of ether oxygens (including phenoxy) is 4. The van der Waals surface area contributed by atoms with Crippen LogP contribution in [0.25, 0.3) is 0 Å². The number of carbonyl (C=O) groups excluding carboxylic acids is 2. The number of benzene rings is 2. The van der Waals surface area contributed by atoms with Crippen molar-refractivity contribution in [3.63, 3.8) is 0 Å². The summed E-state index contributed by atoms with van der Waals surface area (Å²) in [7, 11) is 6.10. The van der Waals surface area contributed by atoms with Crippen molar-refractivity contribution >= 4 is 11.8 Å². The largest absolute Gasteiger partial charge is 0.496 e. The molecule has 1 saturated heterocycles. The van der Waals surface area contributed by atoms with Crippen molar-refractivity contribution < 1.29 is 28.5 Å². The first-order valence-electron chi connectivity index (χ1n) is 11.2. The molecule has 1 atom stereocenters. The predicted molar refractivity (Wildman–Crippen MR) is 128 cm³/mol. The summed E-state index contributed by atoms with van der Waals surface area (Å²) in [5.74, 6) is 1.21. The van der Waals surface area contributed by atoms with Crippen molar-refractivity contribution in [3.05, 3.63) is 47.5 Å². The number of para-hydroxylation sites is 1. The van der Waals surface area contributed by atoms with Gasteiger partial charge in [-0.3, -0.25) is 14.5 Å². The average molecular weight is 472 g/mol. The van der Waals surface area contributed by atoms with E-state index in [0.717, 1.165) is 37.2 Å². The van der Waals surface area contributed by atoms with Crippen LogP contribution in [0, 0.1) is 0 Å². The maximum Gasteiger partial charge on any atom is 0.251 e. The monoisotopic (exact) mass is 471 g/mol. The van der Waals surface area contributed by atoms with Crippen LogP contribution in [0.3, 0.4) is 0 Å². The summed E-state index contributed by atoms with van der Waals surface area (Å²) >= 11 is 0. The summed E-state index contributed by atoms with van der Waals surface area (Å²) in [6.07, 6.45) is 2.26. The zero-order valence-electron chi connectivity index (χ0n) is 20.2. The topological polar surface area (TPSA) is 98.4 Å². The molecule has 2 aromatic carbocycles. The minimum atomic E-state index is -0.421. The predicted octanol–water partition coefficient (Wildman–Crippen LogP) is 2.40. The lowest BCUT2D eigenvalue weighted by molar-refractivity contribution is -0.120. The SMILES string of the molecule is COc1ccccc1[C@H](CNC(=O)CNC(=O)c1cc(OC)c(OC)c(OC)c1)N1CCCC1. The molecular formula is C25H33N3O6. The van der Waals surface area contributed by atoms with Gasteiger partial charge in [0.25, 0.3) is 5.91 Å². The van der Waals surface area contributed by atoms with Gasteiger partial charge >= 0.3 is 0 Å². The third-order valence-electron chi connectivity index (χ3n) is 5.91. The molecule has 0 aliphatic carbocycles. The third kappa shape index (κ3) is 5.91. The van der Waals surface area contributed by atoms with E-state index in [-0.39, 0.29) is 18.5 Å². The summed E-state index contributed by atoms with van der Waals surface area (Å²) in [6, 6.07) is 10.9. The highest BCUT2D eigenvalue weighted by atomic mass is 16.5. The Morgan fingerprint density at radius 3 is 2.09 bits per heavy atom. The Kier molecular flexibility index (Phi) is 8.98. The number of carbonyl (C=O) groups is 2. The van der Waals surface area contributed by atoms with Crippen molar-refractivity contribution in [2.45, 2.75) is 18.9 Å².